The fraction of sp³-hybridized carbons (Fsp3) is 0.455. The number of likely N-dealkylation sites (tertiary alicyclic amines) is 1. The Morgan fingerprint density at radius 2 is 2.20 bits per heavy atom. The topological polar surface area (TPSA) is 23.5 Å². The van der Waals surface area contributed by atoms with Gasteiger partial charge in [-0.2, -0.15) is 0 Å². The van der Waals surface area contributed by atoms with Gasteiger partial charge in [0.25, 0.3) is 0 Å². The van der Waals surface area contributed by atoms with Crippen LogP contribution in [0.4, 0.5) is 8.78 Å². The van der Waals surface area contributed by atoms with Crippen LogP contribution >= 0.6 is 0 Å². The van der Waals surface area contributed by atoms with E-state index >= 15 is 0 Å². The van der Waals surface area contributed by atoms with E-state index in [-0.39, 0.29) is 6.10 Å². The summed E-state index contributed by atoms with van der Waals surface area (Å²) in [5.74, 6) is -1.07. The van der Waals surface area contributed by atoms with Crippen molar-refractivity contribution in [3.63, 3.8) is 0 Å². The lowest BCUT2D eigenvalue weighted by atomic mass is 10.2. The standard InChI is InChI=1S/C11H13F2NO/c12-9-2-1-8(11(13)5-9)6-14-4-3-10(15)7-14/h1-2,5,10,15H,3-4,6-7H2/t10-/m0/s1. The van der Waals surface area contributed by atoms with Crippen molar-refractivity contribution in [1.82, 2.24) is 4.90 Å². The van der Waals surface area contributed by atoms with Crippen molar-refractivity contribution in [3.05, 3.63) is 35.4 Å². The van der Waals surface area contributed by atoms with Gasteiger partial charge in [0.1, 0.15) is 11.6 Å². The third kappa shape index (κ3) is 2.52. The van der Waals surface area contributed by atoms with Crippen LogP contribution in [-0.4, -0.2) is 29.2 Å². The van der Waals surface area contributed by atoms with Crippen molar-refractivity contribution in [2.75, 3.05) is 13.1 Å². The summed E-state index contributed by atoms with van der Waals surface area (Å²) in [6.07, 6.45) is 0.413. The maximum Gasteiger partial charge on any atom is 0.130 e. The Kier molecular flexibility index (Phi) is 2.98. The average molecular weight is 213 g/mol. The molecule has 0 aliphatic carbocycles. The minimum atomic E-state index is -0.558. The SMILES string of the molecule is O[C@H]1CCN(Cc2ccc(F)cc2F)C1. The van der Waals surface area contributed by atoms with Crippen LogP contribution in [0.3, 0.4) is 0 Å². The van der Waals surface area contributed by atoms with Crippen molar-refractivity contribution < 1.29 is 13.9 Å². The summed E-state index contributed by atoms with van der Waals surface area (Å²) in [5.41, 5.74) is 0.477. The Bertz CT molecular complexity index is 356. The van der Waals surface area contributed by atoms with Crippen LogP contribution in [0.5, 0.6) is 0 Å². The summed E-state index contributed by atoms with van der Waals surface area (Å²) in [6.45, 7) is 1.76. The highest BCUT2D eigenvalue weighted by atomic mass is 19.1. The number of β-amino-alcohol motifs (C(OH)–C–C–N with tert-alkyl or cyclic N) is 1. The van der Waals surface area contributed by atoms with Crippen molar-refractivity contribution in [2.45, 2.75) is 19.1 Å². The summed E-state index contributed by atoms with van der Waals surface area (Å²) in [6, 6.07) is 3.60. The first-order valence-electron chi connectivity index (χ1n) is 4.99. The molecule has 1 atom stereocenters. The van der Waals surface area contributed by atoms with Gasteiger partial charge in [-0.05, 0) is 12.5 Å². The Hall–Kier alpha value is -1.00. The summed E-state index contributed by atoms with van der Waals surface area (Å²) in [4.78, 5) is 1.96. The van der Waals surface area contributed by atoms with Crippen molar-refractivity contribution in [2.24, 2.45) is 0 Å². The Balaban J connectivity index is 2.04. The first kappa shape index (κ1) is 10.5. The molecule has 1 aromatic carbocycles. The van der Waals surface area contributed by atoms with E-state index in [1.54, 1.807) is 0 Å². The minimum absolute atomic E-state index is 0.312. The fourth-order valence-electron chi connectivity index (χ4n) is 1.85. The van der Waals surface area contributed by atoms with E-state index in [0.29, 0.717) is 18.7 Å². The zero-order chi connectivity index (χ0) is 10.8. The third-order valence-electron chi connectivity index (χ3n) is 2.66. The predicted molar refractivity (Wildman–Crippen MR) is 52.3 cm³/mol. The van der Waals surface area contributed by atoms with Crippen molar-refractivity contribution in [3.8, 4) is 0 Å². The predicted octanol–water partition coefficient (Wildman–Crippen LogP) is 1.53. The molecule has 2 nitrogen and oxygen atoms in total. The molecule has 1 aromatic rings. The monoisotopic (exact) mass is 213 g/mol. The van der Waals surface area contributed by atoms with Gasteiger partial charge in [-0.3, -0.25) is 4.90 Å². The molecule has 0 amide bonds. The normalized spacial score (nSPS) is 22.2. The lowest BCUT2D eigenvalue weighted by Gasteiger charge is -2.15. The molecular weight excluding hydrogens is 200 g/mol. The number of hydrogen-bond donors (Lipinski definition) is 1. The summed E-state index contributed by atoms with van der Waals surface area (Å²) >= 11 is 0. The molecule has 1 aliphatic rings. The second kappa shape index (κ2) is 4.24. The first-order valence-corrected chi connectivity index (χ1v) is 4.99. The zero-order valence-corrected chi connectivity index (χ0v) is 8.29. The number of aliphatic hydroxyl groups excluding tert-OH is 1. The van der Waals surface area contributed by atoms with E-state index in [9.17, 15) is 13.9 Å². The van der Waals surface area contributed by atoms with Crippen LogP contribution in [-0.2, 0) is 6.54 Å². The first-order chi connectivity index (χ1) is 7.15. The minimum Gasteiger partial charge on any atom is -0.392 e. The van der Waals surface area contributed by atoms with E-state index < -0.39 is 11.6 Å². The highest BCUT2D eigenvalue weighted by Crippen LogP contribution is 2.16. The molecule has 1 aliphatic heterocycles. The molecule has 0 bridgehead atoms. The lowest BCUT2D eigenvalue weighted by Crippen LogP contribution is -2.22. The summed E-state index contributed by atoms with van der Waals surface area (Å²) < 4.78 is 25.9. The van der Waals surface area contributed by atoms with Crippen LogP contribution in [0, 0.1) is 11.6 Å². The molecule has 0 aromatic heterocycles. The number of halogens is 2. The third-order valence-corrected chi connectivity index (χ3v) is 2.66. The average Bonchev–Trinajstić information content (AvgIpc) is 2.56. The van der Waals surface area contributed by atoms with Gasteiger partial charge in [0.2, 0.25) is 0 Å². The molecule has 0 spiro atoms. The van der Waals surface area contributed by atoms with E-state index in [1.165, 1.54) is 12.1 Å². The number of rotatable bonds is 2. The van der Waals surface area contributed by atoms with E-state index in [4.69, 9.17) is 0 Å². The smallest absolute Gasteiger partial charge is 0.130 e. The number of aliphatic hydroxyl groups is 1. The number of benzene rings is 1. The van der Waals surface area contributed by atoms with Gasteiger partial charge < -0.3 is 5.11 Å². The van der Waals surface area contributed by atoms with Gasteiger partial charge in [-0.15, -0.1) is 0 Å². The molecular formula is C11H13F2NO. The van der Waals surface area contributed by atoms with Crippen LogP contribution in [0.1, 0.15) is 12.0 Å². The maximum absolute atomic E-state index is 13.3. The molecule has 1 fully saturated rings. The van der Waals surface area contributed by atoms with Crippen molar-refractivity contribution >= 4 is 0 Å². The number of nitrogens with zero attached hydrogens (tertiary/aromatic N) is 1. The molecule has 82 valence electrons. The van der Waals surface area contributed by atoms with E-state index in [2.05, 4.69) is 0 Å². The summed E-state index contributed by atoms with van der Waals surface area (Å²) in [7, 11) is 0. The van der Waals surface area contributed by atoms with Gasteiger partial charge in [0, 0.05) is 31.3 Å². The second-order valence-corrected chi connectivity index (χ2v) is 3.91. The van der Waals surface area contributed by atoms with Crippen LogP contribution in [0.15, 0.2) is 18.2 Å². The van der Waals surface area contributed by atoms with E-state index in [0.717, 1.165) is 19.0 Å². The van der Waals surface area contributed by atoms with Crippen LogP contribution in [0.2, 0.25) is 0 Å². The highest BCUT2D eigenvalue weighted by Gasteiger charge is 2.20. The molecule has 0 radical (unpaired) electrons. The molecule has 1 heterocycles. The molecule has 1 saturated heterocycles. The van der Waals surface area contributed by atoms with Gasteiger partial charge >= 0.3 is 0 Å². The molecule has 0 unspecified atom stereocenters. The molecule has 2 rings (SSSR count). The van der Waals surface area contributed by atoms with Gasteiger partial charge in [0.15, 0.2) is 0 Å². The molecule has 4 heteroatoms. The van der Waals surface area contributed by atoms with Gasteiger partial charge in [0.05, 0.1) is 6.10 Å². The number of hydrogen-bond acceptors (Lipinski definition) is 2. The lowest BCUT2D eigenvalue weighted by molar-refractivity contribution is 0.174. The van der Waals surface area contributed by atoms with Gasteiger partial charge in [-0.25, -0.2) is 8.78 Å². The Morgan fingerprint density at radius 3 is 2.80 bits per heavy atom. The van der Waals surface area contributed by atoms with Crippen LogP contribution in [0.25, 0.3) is 0 Å². The highest BCUT2D eigenvalue weighted by molar-refractivity contribution is 5.18. The molecule has 15 heavy (non-hydrogen) atoms. The Labute approximate surface area is 87.1 Å². The van der Waals surface area contributed by atoms with E-state index in [1.807, 2.05) is 4.90 Å². The quantitative estimate of drug-likeness (QED) is 0.805. The largest absolute Gasteiger partial charge is 0.392 e. The molecule has 1 N–H and O–H groups in total. The molecule has 0 saturated carbocycles. The zero-order valence-electron chi connectivity index (χ0n) is 8.29. The fourth-order valence-corrected chi connectivity index (χ4v) is 1.85. The summed E-state index contributed by atoms with van der Waals surface area (Å²) in [5, 5.41) is 9.30. The van der Waals surface area contributed by atoms with Crippen molar-refractivity contribution in [1.29, 1.82) is 0 Å². The maximum atomic E-state index is 13.3. The van der Waals surface area contributed by atoms with Gasteiger partial charge in [-0.1, -0.05) is 6.07 Å². The van der Waals surface area contributed by atoms with Crippen LogP contribution < -0.4 is 0 Å². The second-order valence-electron chi connectivity index (χ2n) is 3.91. The Morgan fingerprint density at radius 1 is 1.40 bits per heavy atom.